The van der Waals surface area contributed by atoms with Crippen molar-refractivity contribution < 1.29 is 18.7 Å². The Kier molecular flexibility index (Phi) is 6.34. The number of carbonyl (C=O) groups excluding carboxylic acids is 1. The van der Waals surface area contributed by atoms with E-state index in [4.69, 9.17) is 0 Å². The van der Waals surface area contributed by atoms with Crippen LogP contribution in [0, 0.1) is 11.6 Å². The van der Waals surface area contributed by atoms with E-state index in [2.05, 4.69) is 4.90 Å². The molecule has 0 spiro atoms. The molecule has 1 saturated heterocycles. The number of carbonyl (C=O) groups is 1. The number of Topliss-reactive ketones (excluding diaryl/α,β-unsaturated/α-hetero) is 1. The molecule has 0 atom stereocenters. The molecule has 0 radical (unpaired) electrons. The van der Waals surface area contributed by atoms with Gasteiger partial charge < -0.3 is 10.0 Å². The van der Waals surface area contributed by atoms with Crippen molar-refractivity contribution in [1.82, 2.24) is 4.90 Å². The van der Waals surface area contributed by atoms with Crippen LogP contribution in [-0.2, 0) is 6.42 Å². The van der Waals surface area contributed by atoms with Crippen molar-refractivity contribution >= 4 is 5.78 Å². The number of hydrogen-bond donors (Lipinski definition) is 1. The summed E-state index contributed by atoms with van der Waals surface area (Å²) in [5.41, 5.74) is 0.735. The van der Waals surface area contributed by atoms with Crippen LogP contribution in [0.4, 0.5) is 8.78 Å². The Hall–Kier alpha value is -2.11. The van der Waals surface area contributed by atoms with Gasteiger partial charge >= 0.3 is 0 Å². The summed E-state index contributed by atoms with van der Waals surface area (Å²) < 4.78 is 25.9. The van der Waals surface area contributed by atoms with Gasteiger partial charge in [-0.05, 0) is 67.8 Å². The van der Waals surface area contributed by atoms with Crippen molar-refractivity contribution in [3.63, 3.8) is 0 Å². The van der Waals surface area contributed by atoms with Crippen LogP contribution in [0.2, 0.25) is 0 Å². The van der Waals surface area contributed by atoms with Crippen LogP contribution in [0.25, 0.3) is 0 Å². The molecule has 0 aromatic heterocycles. The molecule has 27 heavy (non-hydrogen) atoms. The lowest BCUT2D eigenvalue weighted by atomic mass is 9.85. The predicted octanol–water partition coefficient (Wildman–Crippen LogP) is 4.00. The fourth-order valence-electron chi connectivity index (χ4n) is 3.60. The van der Waals surface area contributed by atoms with E-state index in [1.54, 1.807) is 12.1 Å². The summed E-state index contributed by atoms with van der Waals surface area (Å²) in [6, 6.07) is 11.9. The average molecular weight is 373 g/mol. The van der Waals surface area contributed by atoms with Crippen LogP contribution in [0.3, 0.4) is 0 Å². The van der Waals surface area contributed by atoms with E-state index >= 15 is 0 Å². The summed E-state index contributed by atoms with van der Waals surface area (Å²) in [4.78, 5) is 14.4. The van der Waals surface area contributed by atoms with E-state index in [-0.39, 0.29) is 17.4 Å². The molecular formula is C22H25F2NO2. The maximum Gasteiger partial charge on any atom is 0.162 e. The summed E-state index contributed by atoms with van der Waals surface area (Å²) >= 11 is 0. The number of benzene rings is 2. The Labute approximate surface area is 158 Å². The molecule has 1 aliphatic heterocycles. The van der Waals surface area contributed by atoms with Crippen LogP contribution >= 0.6 is 0 Å². The topological polar surface area (TPSA) is 40.5 Å². The van der Waals surface area contributed by atoms with Gasteiger partial charge in [-0.3, -0.25) is 4.79 Å². The summed E-state index contributed by atoms with van der Waals surface area (Å²) in [6.45, 7) is 2.37. The van der Waals surface area contributed by atoms with Gasteiger partial charge in [0, 0.05) is 31.5 Å². The fraction of sp³-hybridized carbons (Fsp3) is 0.409. The molecule has 2 aromatic rings. The minimum absolute atomic E-state index is 0.0276. The Bertz CT molecular complexity index is 751. The first-order valence-electron chi connectivity index (χ1n) is 9.41. The monoisotopic (exact) mass is 373 g/mol. The number of hydrogen-bond acceptors (Lipinski definition) is 3. The Balaban J connectivity index is 1.40. The number of halogens is 2. The lowest BCUT2D eigenvalue weighted by Crippen LogP contribution is -2.45. The molecule has 0 saturated carbocycles. The molecule has 2 aromatic carbocycles. The van der Waals surface area contributed by atoms with Crippen molar-refractivity contribution in [3.8, 4) is 0 Å². The third-order valence-corrected chi connectivity index (χ3v) is 5.28. The minimum atomic E-state index is -0.752. The standard InChI is InChI=1S/C22H25F2NO2/c23-19-7-3-17(4-8-19)16-22(27)11-14-25(15-12-22)13-1-2-21(26)18-5-9-20(24)10-6-18/h3-10,27H,1-2,11-16H2. The van der Waals surface area contributed by atoms with Crippen LogP contribution in [-0.4, -0.2) is 41.0 Å². The molecule has 0 aliphatic carbocycles. The van der Waals surface area contributed by atoms with Gasteiger partial charge in [0.15, 0.2) is 5.78 Å². The second-order valence-corrected chi connectivity index (χ2v) is 7.40. The minimum Gasteiger partial charge on any atom is -0.389 e. The summed E-state index contributed by atoms with van der Waals surface area (Å²) in [7, 11) is 0. The van der Waals surface area contributed by atoms with E-state index in [1.165, 1.54) is 36.4 Å². The molecule has 5 heteroatoms. The van der Waals surface area contributed by atoms with Crippen LogP contribution < -0.4 is 0 Å². The molecule has 1 N–H and O–H groups in total. The maximum atomic E-state index is 13.0. The molecule has 0 bridgehead atoms. The zero-order valence-electron chi connectivity index (χ0n) is 15.3. The molecular weight excluding hydrogens is 348 g/mol. The molecule has 1 fully saturated rings. The molecule has 144 valence electrons. The highest BCUT2D eigenvalue weighted by Gasteiger charge is 2.32. The third-order valence-electron chi connectivity index (χ3n) is 5.28. The highest BCUT2D eigenvalue weighted by atomic mass is 19.1. The van der Waals surface area contributed by atoms with Crippen LogP contribution in [0.15, 0.2) is 48.5 Å². The van der Waals surface area contributed by atoms with E-state index < -0.39 is 5.60 Å². The SMILES string of the molecule is O=C(CCCN1CCC(O)(Cc2ccc(F)cc2)CC1)c1ccc(F)cc1. The van der Waals surface area contributed by atoms with Crippen LogP contribution in [0.5, 0.6) is 0 Å². The summed E-state index contributed by atoms with van der Waals surface area (Å²) in [5.74, 6) is -0.580. The Morgan fingerprint density at radius 1 is 0.963 bits per heavy atom. The third kappa shape index (κ3) is 5.68. The number of rotatable bonds is 7. The highest BCUT2D eigenvalue weighted by Crippen LogP contribution is 2.26. The van der Waals surface area contributed by atoms with Crippen LogP contribution in [0.1, 0.15) is 41.6 Å². The largest absolute Gasteiger partial charge is 0.389 e. The molecule has 0 amide bonds. The summed E-state index contributed by atoms with van der Waals surface area (Å²) in [6.07, 6.45) is 3.03. The van der Waals surface area contributed by atoms with Gasteiger partial charge in [0.2, 0.25) is 0 Å². The second kappa shape index (κ2) is 8.72. The van der Waals surface area contributed by atoms with Gasteiger partial charge in [0.1, 0.15) is 11.6 Å². The molecule has 1 aliphatic rings. The highest BCUT2D eigenvalue weighted by molar-refractivity contribution is 5.95. The van der Waals surface area contributed by atoms with Gasteiger partial charge in [-0.15, -0.1) is 0 Å². The maximum absolute atomic E-state index is 13.0. The number of ketones is 1. The number of likely N-dealkylation sites (tertiary alicyclic amines) is 1. The average Bonchev–Trinajstić information content (AvgIpc) is 2.66. The van der Waals surface area contributed by atoms with E-state index in [9.17, 15) is 18.7 Å². The Morgan fingerprint density at radius 2 is 1.52 bits per heavy atom. The van der Waals surface area contributed by atoms with Gasteiger partial charge in [0.05, 0.1) is 5.60 Å². The smallest absolute Gasteiger partial charge is 0.162 e. The Morgan fingerprint density at radius 3 is 2.11 bits per heavy atom. The van der Waals surface area contributed by atoms with Gasteiger partial charge in [-0.1, -0.05) is 12.1 Å². The zero-order valence-corrected chi connectivity index (χ0v) is 15.3. The zero-order chi connectivity index (χ0) is 19.3. The van der Waals surface area contributed by atoms with E-state index in [0.717, 1.165) is 31.6 Å². The van der Waals surface area contributed by atoms with E-state index in [0.29, 0.717) is 31.2 Å². The molecule has 3 rings (SSSR count). The van der Waals surface area contributed by atoms with Gasteiger partial charge in [-0.25, -0.2) is 8.78 Å². The van der Waals surface area contributed by atoms with Crippen molar-refractivity contribution in [2.45, 2.75) is 37.7 Å². The molecule has 0 unspecified atom stereocenters. The first-order valence-corrected chi connectivity index (χ1v) is 9.41. The van der Waals surface area contributed by atoms with E-state index in [1.807, 2.05) is 0 Å². The molecule has 3 nitrogen and oxygen atoms in total. The van der Waals surface area contributed by atoms with Crippen molar-refractivity contribution in [2.75, 3.05) is 19.6 Å². The van der Waals surface area contributed by atoms with Crippen molar-refractivity contribution in [3.05, 3.63) is 71.3 Å². The number of nitrogens with zero attached hydrogens (tertiary/aromatic N) is 1. The van der Waals surface area contributed by atoms with Crippen molar-refractivity contribution in [1.29, 1.82) is 0 Å². The van der Waals surface area contributed by atoms with Gasteiger partial charge in [0.25, 0.3) is 0 Å². The lowest BCUT2D eigenvalue weighted by Gasteiger charge is -2.38. The fourth-order valence-corrected chi connectivity index (χ4v) is 3.60. The first kappa shape index (κ1) is 19.6. The van der Waals surface area contributed by atoms with Crippen molar-refractivity contribution in [2.24, 2.45) is 0 Å². The second-order valence-electron chi connectivity index (χ2n) is 7.40. The predicted molar refractivity (Wildman–Crippen MR) is 101 cm³/mol. The summed E-state index contributed by atoms with van der Waals surface area (Å²) in [5, 5.41) is 10.8. The first-order chi connectivity index (χ1) is 12.9. The molecule has 1 heterocycles. The normalized spacial score (nSPS) is 17.0. The lowest BCUT2D eigenvalue weighted by molar-refractivity contribution is -0.0207. The number of aliphatic hydroxyl groups is 1. The van der Waals surface area contributed by atoms with Gasteiger partial charge in [-0.2, -0.15) is 0 Å². The quantitative estimate of drug-likeness (QED) is 0.746. The number of piperidine rings is 1.